The molecule has 0 aromatic heterocycles. The number of fused-ring (bicyclic) bond motifs is 1. The van der Waals surface area contributed by atoms with Gasteiger partial charge < -0.3 is 10.2 Å². The third kappa shape index (κ3) is 2.37. The molecule has 0 saturated carbocycles. The highest BCUT2D eigenvalue weighted by Gasteiger charge is 2.33. The summed E-state index contributed by atoms with van der Waals surface area (Å²) < 4.78 is 0. The van der Waals surface area contributed by atoms with Crippen LogP contribution in [0.15, 0.2) is 12.7 Å². The predicted molar refractivity (Wildman–Crippen MR) is 60.4 cm³/mol. The Morgan fingerprint density at radius 2 is 2.36 bits per heavy atom. The van der Waals surface area contributed by atoms with Crippen LogP contribution in [0.2, 0.25) is 0 Å². The van der Waals surface area contributed by atoms with E-state index in [1.165, 1.54) is 51.9 Å². The van der Waals surface area contributed by atoms with Crippen LogP contribution in [0.1, 0.15) is 25.7 Å². The fourth-order valence-corrected chi connectivity index (χ4v) is 2.78. The molecule has 2 nitrogen and oxygen atoms in total. The maximum atomic E-state index is 3.77. The molecule has 2 unspecified atom stereocenters. The monoisotopic (exact) mass is 194 g/mol. The fraction of sp³-hybridized carbons (Fsp3) is 0.833. The zero-order chi connectivity index (χ0) is 9.80. The minimum absolute atomic E-state index is 0.799. The van der Waals surface area contributed by atoms with E-state index in [4.69, 9.17) is 0 Å². The Morgan fingerprint density at radius 1 is 1.43 bits per heavy atom. The molecule has 0 spiro atoms. The first-order valence-corrected chi connectivity index (χ1v) is 5.97. The quantitative estimate of drug-likeness (QED) is 0.540. The first kappa shape index (κ1) is 10.2. The Hall–Kier alpha value is -0.340. The van der Waals surface area contributed by atoms with Gasteiger partial charge >= 0.3 is 0 Å². The van der Waals surface area contributed by atoms with E-state index in [1.54, 1.807) is 0 Å². The smallest absolute Gasteiger partial charge is 0.0235 e. The summed E-state index contributed by atoms with van der Waals surface area (Å²) in [6.07, 6.45) is 7.29. The van der Waals surface area contributed by atoms with E-state index in [0.29, 0.717) is 0 Å². The van der Waals surface area contributed by atoms with Gasteiger partial charge in [0.05, 0.1) is 0 Å². The number of nitrogens with zero attached hydrogens (tertiary/aromatic N) is 1. The molecular formula is C12H22N2. The highest BCUT2D eigenvalue weighted by Crippen LogP contribution is 2.24. The van der Waals surface area contributed by atoms with Crippen LogP contribution in [0, 0.1) is 5.92 Å². The predicted octanol–water partition coefficient (Wildman–Crippen LogP) is 1.64. The molecule has 0 aromatic rings. The van der Waals surface area contributed by atoms with Gasteiger partial charge in [-0.2, -0.15) is 0 Å². The Bertz CT molecular complexity index is 177. The van der Waals surface area contributed by atoms with Gasteiger partial charge in [-0.25, -0.2) is 0 Å². The van der Waals surface area contributed by atoms with Crippen LogP contribution in [0.5, 0.6) is 0 Å². The van der Waals surface area contributed by atoms with Crippen molar-refractivity contribution < 1.29 is 0 Å². The van der Waals surface area contributed by atoms with E-state index in [-0.39, 0.29) is 0 Å². The number of piperidine rings is 1. The standard InChI is InChI=1S/C12H22N2/c1-2-3-4-8-14-9-11-6-5-7-13-12(11)10-14/h2,11-13H,1,3-10H2. The van der Waals surface area contributed by atoms with Gasteiger partial charge in [-0.05, 0) is 44.7 Å². The summed E-state index contributed by atoms with van der Waals surface area (Å²) in [6.45, 7) is 8.88. The number of unbranched alkanes of at least 4 members (excludes halogenated alkanes) is 1. The number of likely N-dealkylation sites (tertiary alicyclic amines) is 1. The number of rotatable bonds is 4. The van der Waals surface area contributed by atoms with Crippen LogP contribution in [-0.4, -0.2) is 37.1 Å². The van der Waals surface area contributed by atoms with Crippen LogP contribution < -0.4 is 5.32 Å². The van der Waals surface area contributed by atoms with Crippen molar-refractivity contribution in [3.05, 3.63) is 12.7 Å². The molecule has 2 aliphatic heterocycles. The van der Waals surface area contributed by atoms with Gasteiger partial charge in [0.15, 0.2) is 0 Å². The summed E-state index contributed by atoms with van der Waals surface area (Å²) in [5.74, 6) is 0.937. The molecule has 0 aromatic carbocycles. The fourth-order valence-electron chi connectivity index (χ4n) is 2.78. The number of nitrogens with one attached hydrogen (secondary N) is 1. The minimum atomic E-state index is 0.799. The molecule has 2 heteroatoms. The number of hydrogen-bond donors (Lipinski definition) is 1. The molecular weight excluding hydrogens is 172 g/mol. The first-order valence-electron chi connectivity index (χ1n) is 5.97. The van der Waals surface area contributed by atoms with Crippen LogP contribution in [0.3, 0.4) is 0 Å². The summed E-state index contributed by atoms with van der Waals surface area (Å²) in [4.78, 5) is 2.62. The normalized spacial score (nSPS) is 32.9. The molecule has 2 fully saturated rings. The largest absolute Gasteiger partial charge is 0.312 e. The summed E-state index contributed by atoms with van der Waals surface area (Å²) in [5.41, 5.74) is 0. The average Bonchev–Trinajstić information content (AvgIpc) is 2.60. The molecule has 80 valence electrons. The summed E-state index contributed by atoms with van der Waals surface area (Å²) in [7, 11) is 0. The Morgan fingerprint density at radius 3 is 3.14 bits per heavy atom. The molecule has 2 atom stereocenters. The minimum Gasteiger partial charge on any atom is -0.312 e. The third-order valence-corrected chi connectivity index (χ3v) is 3.56. The van der Waals surface area contributed by atoms with Crippen molar-refractivity contribution in [3.63, 3.8) is 0 Å². The van der Waals surface area contributed by atoms with Crippen molar-refractivity contribution in [2.24, 2.45) is 5.92 Å². The lowest BCUT2D eigenvalue weighted by Gasteiger charge is -2.24. The lowest BCUT2D eigenvalue weighted by Crippen LogP contribution is -2.40. The zero-order valence-corrected chi connectivity index (χ0v) is 9.04. The summed E-state index contributed by atoms with van der Waals surface area (Å²) in [5, 5.41) is 3.64. The highest BCUT2D eigenvalue weighted by atomic mass is 15.2. The van der Waals surface area contributed by atoms with Crippen molar-refractivity contribution in [3.8, 4) is 0 Å². The van der Waals surface area contributed by atoms with Gasteiger partial charge in [0.25, 0.3) is 0 Å². The van der Waals surface area contributed by atoms with Crippen molar-refractivity contribution in [2.75, 3.05) is 26.2 Å². The van der Waals surface area contributed by atoms with Crippen LogP contribution in [0.25, 0.3) is 0 Å². The molecule has 14 heavy (non-hydrogen) atoms. The lowest BCUT2D eigenvalue weighted by molar-refractivity contribution is 0.316. The second kappa shape index (κ2) is 4.94. The van der Waals surface area contributed by atoms with Crippen LogP contribution in [-0.2, 0) is 0 Å². The van der Waals surface area contributed by atoms with E-state index in [1.807, 2.05) is 6.08 Å². The maximum absolute atomic E-state index is 3.77. The highest BCUT2D eigenvalue weighted by molar-refractivity contribution is 4.91. The van der Waals surface area contributed by atoms with Gasteiger partial charge in [-0.1, -0.05) is 6.08 Å². The topological polar surface area (TPSA) is 15.3 Å². The molecule has 2 heterocycles. The Labute approximate surface area is 87.4 Å². The maximum Gasteiger partial charge on any atom is 0.0235 e. The van der Waals surface area contributed by atoms with Crippen molar-refractivity contribution >= 4 is 0 Å². The Balaban J connectivity index is 1.72. The van der Waals surface area contributed by atoms with Gasteiger partial charge in [0.1, 0.15) is 0 Å². The second-order valence-corrected chi connectivity index (χ2v) is 4.65. The van der Waals surface area contributed by atoms with Crippen molar-refractivity contribution in [2.45, 2.75) is 31.7 Å². The molecule has 2 saturated heterocycles. The Kier molecular flexibility index (Phi) is 3.60. The molecule has 2 aliphatic rings. The van der Waals surface area contributed by atoms with Crippen LogP contribution in [0.4, 0.5) is 0 Å². The van der Waals surface area contributed by atoms with Gasteiger partial charge in [-0.15, -0.1) is 6.58 Å². The van der Waals surface area contributed by atoms with E-state index in [9.17, 15) is 0 Å². The molecule has 0 bridgehead atoms. The van der Waals surface area contributed by atoms with Crippen molar-refractivity contribution in [1.82, 2.24) is 10.2 Å². The van der Waals surface area contributed by atoms with E-state index < -0.39 is 0 Å². The molecule has 0 radical (unpaired) electrons. The van der Waals surface area contributed by atoms with E-state index in [0.717, 1.165) is 12.0 Å². The van der Waals surface area contributed by atoms with Gasteiger partial charge in [0, 0.05) is 19.1 Å². The average molecular weight is 194 g/mol. The van der Waals surface area contributed by atoms with Crippen molar-refractivity contribution in [1.29, 1.82) is 0 Å². The molecule has 0 aliphatic carbocycles. The number of allylic oxidation sites excluding steroid dienone is 1. The van der Waals surface area contributed by atoms with E-state index in [2.05, 4.69) is 16.8 Å². The SMILES string of the molecule is C=CCCCN1CC2CCCNC2C1. The first-order chi connectivity index (χ1) is 6.90. The molecule has 0 amide bonds. The number of hydrogen-bond acceptors (Lipinski definition) is 2. The molecule has 1 N–H and O–H groups in total. The van der Waals surface area contributed by atoms with E-state index >= 15 is 0 Å². The third-order valence-electron chi connectivity index (χ3n) is 3.56. The summed E-state index contributed by atoms with van der Waals surface area (Å²) in [6, 6.07) is 0.799. The lowest BCUT2D eigenvalue weighted by atomic mass is 9.94. The molecule has 2 rings (SSSR count). The second-order valence-electron chi connectivity index (χ2n) is 4.65. The zero-order valence-electron chi connectivity index (χ0n) is 9.04. The van der Waals surface area contributed by atoms with Gasteiger partial charge in [0.2, 0.25) is 0 Å². The van der Waals surface area contributed by atoms with Crippen LogP contribution >= 0.6 is 0 Å². The van der Waals surface area contributed by atoms with Gasteiger partial charge in [-0.3, -0.25) is 0 Å². The summed E-state index contributed by atoms with van der Waals surface area (Å²) >= 11 is 0.